The summed E-state index contributed by atoms with van der Waals surface area (Å²) in [7, 11) is 1.97. The highest BCUT2D eigenvalue weighted by atomic mass is 16.5. The van der Waals surface area contributed by atoms with Crippen LogP contribution in [0.3, 0.4) is 0 Å². The van der Waals surface area contributed by atoms with E-state index in [0.717, 1.165) is 13.0 Å². The van der Waals surface area contributed by atoms with Gasteiger partial charge in [0.05, 0.1) is 12.2 Å². The third-order valence-corrected chi connectivity index (χ3v) is 1.62. The molecule has 0 aliphatic rings. The van der Waals surface area contributed by atoms with Crippen LogP contribution in [0, 0.1) is 0 Å². The van der Waals surface area contributed by atoms with E-state index < -0.39 is 0 Å². The summed E-state index contributed by atoms with van der Waals surface area (Å²) in [5.41, 5.74) is -0.00965. The molecular formula is C9H21NO. The van der Waals surface area contributed by atoms with E-state index >= 15 is 0 Å². The number of rotatable bonds is 4. The predicted molar refractivity (Wildman–Crippen MR) is 48.8 cm³/mol. The van der Waals surface area contributed by atoms with Crippen LogP contribution in [0.25, 0.3) is 0 Å². The van der Waals surface area contributed by atoms with Crippen LogP contribution in [0.4, 0.5) is 0 Å². The van der Waals surface area contributed by atoms with Gasteiger partial charge in [-0.2, -0.15) is 0 Å². The largest absolute Gasteiger partial charge is 0.374 e. The smallest absolute Gasteiger partial charge is 0.0626 e. The van der Waals surface area contributed by atoms with Crippen LogP contribution in [0.1, 0.15) is 34.1 Å². The zero-order chi connectivity index (χ0) is 8.91. The third kappa shape index (κ3) is 6.32. The Bertz CT molecular complexity index is 92.2. The van der Waals surface area contributed by atoms with Gasteiger partial charge in [-0.1, -0.05) is 6.92 Å². The summed E-state index contributed by atoms with van der Waals surface area (Å²) in [6.45, 7) is 9.20. The highest BCUT2D eigenvalue weighted by Crippen LogP contribution is 2.07. The molecule has 1 N–H and O–H groups in total. The lowest BCUT2D eigenvalue weighted by molar-refractivity contribution is -0.0139. The van der Waals surface area contributed by atoms with Crippen LogP contribution in [-0.4, -0.2) is 25.3 Å². The second-order valence-corrected chi connectivity index (χ2v) is 3.82. The average molecular weight is 159 g/mol. The molecule has 0 aliphatic heterocycles. The second kappa shape index (κ2) is 4.73. The molecule has 0 saturated carbocycles. The van der Waals surface area contributed by atoms with E-state index in [1.165, 1.54) is 0 Å². The molecule has 0 aromatic rings. The van der Waals surface area contributed by atoms with Gasteiger partial charge in [0.15, 0.2) is 0 Å². The van der Waals surface area contributed by atoms with E-state index in [2.05, 4.69) is 33.0 Å². The summed E-state index contributed by atoms with van der Waals surface area (Å²) < 4.78 is 5.61. The van der Waals surface area contributed by atoms with Crippen LogP contribution in [0.2, 0.25) is 0 Å². The first-order chi connectivity index (χ1) is 4.99. The van der Waals surface area contributed by atoms with Crippen LogP contribution < -0.4 is 5.32 Å². The Labute approximate surface area is 70.3 Å². The summed E-state index contributed by atoms with van der Waals surface area (Å²) >= 11 is 0. The van der Waals surface area contributed by atoms with Gasteiger partial charge in [-0.05, 0) is 34.2 Å². The molecule has 0 amide bonds. The number of ether oxygens (including phenoxy) is 1. The Morgan fingerprint density at radius 3 is 2.18 bits per heavy atom. The molecule has 0 bridgehead atoms. The van der Waals surface area contributed by atoms with Crippen molar-refractivity contribution in [3.05, 3.63) is 0 Å². The molecule has 1 atom stereocenters. The fraction of sp³-hybridized carbons (Fsp3) is 1.00. The summed E-state index contributed by atoms with van der Waals surface area (Å²) in [5.74, 6) is 0. The van der Waals surface area contributed by atoms with Crippen molar-refractivity contribution in [2.45, 2.75) is 45.8 Å². The van der Waals surface area contributed by atoms with Gasteiger partial charge in [0, 0.05) is 6.04 Å². The lowest BCUT2D eigenvalue weighted by Crippen LogP contribution is -2.33. The summed E-state index contributed by atoms with van der Waals surface area (Å²) in [6, 6.07) is 0.495. The quantitative estimate of drug-likeness (QED) is 0.675. The molecule has 0 aliphatic carbocycles. The monoisotopic (exact) mass is 159 g/mol. The molecule has 0 fully saturated rings. The minimum atomic E-state index is -0.00965. The first-order valence-electron chi connectivity index (χ1n) is 4.31. The number of nitrogens with one attached hydrogen (secondary N) is 1. The number of likely N-dealkylation sites (N-methyl/N-ethyl adjacent to an activating group) is 1. The van der Waals surface area contributed by atoms with Crippen molar-refractivity contribution in [1.29, 1.82) is 0 Å². The van der Waals surface area contributed by atoms with Crippen molar-refractivity contribution < 1.29 is 4.74 Å². The highest BCUT2D eigenvalue weighted by Gasteiger charge is 2.12. The Kier molecular flexibility index (Phi) is 4.69. The second-order valence-electron chi connectivity index (χ2n) is 3.82. The van der Waals surface area contributed by atoms with Crippen molar-refractivity contribution in [2.75, 3.05) is 13.7 Å². The van der Waals surface area contributed by atoms with Crippen molar-refractivity contribution in [1.82, 2.24) is 5.32 Å². The highest BCUT2D eigenvalue weighted by molar-refractivity contribution is 4.65. The molecule has 0 rings (SSSR count). The molecule has 0 aromatic heterocycles. The number of hydrogen-bond acceptors (Lipinski definition) is 2. The molecule has 0 spiro atoms. The molecular weight excluding hydrogens is 138 g/mol. The maximum Gasteiger partial charge on any atom is 0.0626 e. The zero-order valence-electron chi connectivity index (χ0n) is 8.40. The number of hydrogen-bond donors (Lipinski definition) is 1. The normalized spacial score (nSPS) is 15.0. The minimum Gasteiger partial charge on any atom is -0.374 e. The molecule has 2 heteroatoms. The molecule has 68 valence electrons. The van der Waals surface area contributed by atoms with Crippen LogP contribution in [0.15, 0.2) is 0 Å². The third-order valence-electron chi connectivity index (χ3n) is 1.62. The molecule has 0 aromatic carbocycles. The van der Waals surface area contributed by atoms with Crippen molar-refractivity contribution in [3.63, 3.8) is 0 Å². The van der Waals surface area contributed by atoms with E-state index in [0.29, 0.717) is 6.04 Å². The van der Waals surface area contributed by atoms with E-state index in [4.69, 9.17) is 4.74 Å². The molecule has 11 heavy (non-hydrogen) atoms. The van der Waals surface area contributed by atoms with E-state index in [9.17, 15) is 0 Å². The average Bonchev–Trinajstić information content (AvgIpc) is 1.88. The van der Waals surface area contributed by atoms with Gasteiger partial charge >= 0.3 is 0 Å². The minimum absolute atomic E-state index is 0.00965. The van der Waals surface area contributed by atoms with Gasteiger partial charge in [0.1, 0.15) is 0 Å². The van der Waals surface area contributed by atoms with Crippen molar-refractivity contribution in [2.24, 2.45) is 0 Å². The van der Waals surface area contributed by atoms with Crippen LogP contribution >= 0.6 is 0 Å². The SMILES string of the molecule is CCC(COC(C)(C)C)NC. The predicted octanol–water partition coefficient (Wildman–Crippen LogP) is 1.80. The fourth-order valence-electron chi connectivity index (χ4n) is 0.756. The van der Waals surface area contributed by atoms with E-state index in [1.807, 2.05) is 7.05 Å². The Hall–Kier alpha value is -0.0800. The summed E-state index contributed by atoms with van der Waals surface area (Å²) in [5, 5.41) is 3.20. The summed E-state index contributed by atoms with van der Waals surface area (Å²) in [4.78, 5) is 0. The summed E-state index contributed by atoms with van der Waals surface area (Å²) in [6.07, 6.45) is 1.12. The van der Waals surface area contributed by atoms with Gasteiger partial charge in [-0.25, -0.2) is 0 Å². The molecule has 0 heterocycles. The Morgan fingerprint density at radius 1 is 1.36 bits per heavy atom. The molecule has 0 radical (unpaired) electrons. The fourth-order valence-corrected chi connectivity index (χ4v) is 0.756. The standard InChI is InChI=1S/C9H21NO/c1-6-8(10-5)7-11-9(2,3)4/h8,10H,6-7H2,1-5H3. The first-order valence-corrected chi connectivity index (χ1v) is 4.31. The zero-order valence-corrected chi connectivity index (χ0v) is 8.40. The molecule has 0 saturated heterocycles. The van der Waals surface area contributed by atoms with Crippen LogP contribution in [-0.2, 0) is 4.74 Å². The van der Waals surface area contributed by atoms with Crippen molar-refractivity contribution in [3.8, 4) is 0 Å². The lowest BCUT2D eigenvalue weighted by atomic mass is 10.2. The van der Waals surface area contributed by atoms with Crippen molar-refractivity contribution >= 4 is 0 Å². The maximum absolute atomic E-state index is 5.61. The van der Waals surface area contributed by atoms with Crippen LogP contribution in [0.5, 0.6) is 0 Å². The topological polar surface area (TPSA) is 21.3 Å². The Morgan fingerprint density at radius 2 is 1.91 bits per heavy atom. The van der Waals surface area contributed by atoms with E-state index in [-0.39, 0.29) is 5.60 Å². The van der Waals surface area contributed by atoms with Gasteiger partial charge in [-0.3, -0.25) is 0 Å². The first kappa shape index (κ1) is 10.9. The maximum atomic E-state index is 5.61. The Balaban J connectivity index is 3.51. The molecule has 1 unspecified atom stereocenters. The van der Waals surface area contributed by atoms with Gasteiger partial charge in [0.2, 0.25) is 0 Å². The van der Waals surface area contributed by atoms with Gasteiger partial charge in [0.25, 0.3) is 0 Å². The van der Waals surface area contributed by atoms with Gasteiger partial charge in [-0.15, -0.1) is 0 Å². The van der Waals surface area contributed by atoms with E-state index in [1.54, 1.807) is 0 Å². The van der Waals surface area contributed by atoms with Gasteiger partial charge < -0.3 is 10.1 Å². The lowest BCUT2D eigenvalue weighted by Gasteiger charge is -2.23. The molecule has 2 nitrogen and oxygen atoms in total.